The number of carbonyl (C=O) groups is 3. The second kappa shape index (κ2) is 12.0. The summed E-state index contributed by atoms with van der Waals surface area (Å²) in [5, 5.41) is 7.61. The molecule has 0 unspecified atom stereocenters. The Hall–Kier alpha value is -5.34. The number of nitrogens with zero attached hydrogens (tertiary/aromatic N) is 1. The number of anilines is 1. The minimum atomic E-state index is -0.515. The lowest BCUT2D eigenvalue weighted by Gasteiger charge is -2.12. The van der Waals surface area contributed by atoms with Crippen molar-refractivity contribution < 1.29 is 18.8 Å². The van der Waals surface area contributed by atoms with Crippen LogP contribution in [0.5, 0.6) is 0 Å². The van der Waals surface area contributed by atoms with Gasteiger partial charge in [0.05, 0.1) is 23.0 Å². The minimum Gasteiger partial charge on any atom is -0.465 e. The van der Waals surface area contributed by atoms with Gasteiger partial charge in [-0.15, -0.1) is 11.8 Å². The van der Waals surface area contributed by atoms with Crippen LogP contribution in [0.1, 0.15) is 20.9 Å². The number of amides is 2. The molecule has 0 saturated carbocycles. The molecule has 0 aliphatic heterocycles. The van der Waals surface area contributed by atoms with E-state index in [4.69, 9.17) is 4.42 Å². The third kappa shape index (κ3) is 5.75. The van der Waals surface area contributed by atoms with Crippen LogP contribution < -0.4 is 10.6 Å². The number of hydrogen-bond donors (Lipinski definition) is 2. The van der Waals surface area contributed by atoms with Crippen LogP contribution in [-0.2, 0) is 4.79 Å². The van der Waals surface area contributed by atoms with Crippen LogP contribution in [0.4, 0.5) is 5.69 Å². The van der Waals surface area contributed by atoms with Gasteiger partial charge in [0.25, 0.3) is 11.8 Å². The highest BCUT2D eigenvalue weighted by molar-refractivity contribution is 8.00. The molecule has 0 aliphatic carbocycles. The highest BCUT2D eigenvalue weighted by atomic mass is 32.2. The van der Waals surface area contributed by atoms with Crippen LogP contribution in [0.2, 0.25) is 0 Å². The number of rotatable bonds is 8. The molecule has 2 N–H and O–H groups in total. The zero-order valence-corrected chi connectivity index (χ0v) is 23.1. The van der Waals surface area contributed by atoms with Crippen molar-refractivity contribution in [2.24, 2.45) is 0 Å². The average Bonchev–Trinajstić information content (AvgIpc) is 3.66. The number of furan rings is 1. The Bertz CT molecular complexity index is 1890. The minimum absolute atomic E-state index is 0.0263. The van der Waals surface area contributed by atoms with Crippen molar-refractivity contribution in [3.05, 3.63) is 139 Å². The van der Waals surface area contributed by atoms with Gasteiger partial charge < -0.3 is 15.1 Å². The molecule has 2 heterocycles. The number of aromatic nitrogens is 1. The third-order valence-corrected chi connectivity index (χ3v) is 7.62. The van der Waals surface area contributed by atoms with Crippen LogP contribution in [-0.4, -0.2) is 28.0 Å². The van der Waals surface area contributed by atoms with Crippen LogP contribution in [0, 0.1) is 0 Å². The molecule has 0 saturated heterocycles. The van der Waals surface area contributed by atoms with E-state index in [0.717, 1.165) is 26.7 Å². The molecule has 4 aromatic carbocycles. The Labute approximate surface area is 245 Å². The molecular weight excluding hydrogens is 546 g/mol. The van der Waals surface area contributed by atoms with Gasteiger partial charge in [-0.25, -0.2) is 0 Å². The molecule has 0 spiro atoms. The maximum atomic E-state index is 13.4. The predicted molar refractivity (Wildman–Crippen MR) is 166 cm³/mol. The van der Waals surface area contributed by atoms with Crippen molar-refractivity contribution in [1.29, 1.82) is 0 Å². The molecule has 42 heavy (non-hydrogen) atoms. The van der Waals surface area contributed by atoms with Crippen molar-refractivity contribution >= 4 is 63.1 Å². The first kappa shape index (κ1) is 26.9. The fraction of sp³-hybridized carbons (Fsp3) is 0.0294. The highest BCUT2D eigenvalue weighted by Gasteiger charge is 2.18. The summed E-state index contributed by atoms with van der Waals surface area (Å²) < 4.78 is 7.13. The number of thioether (sulfide) groups is 1. The van der Waals surface area contributed by atoms with E-state index in [-0.39, 0.29) is 17.4 Å². The lowest BCUT2D eigenvalue weighted by molar-refractivity contribution is -0.113. The van der Waals surface area contributed by atoms with Gasteiger partial charge in [-0.1, -0.05) is 60.7 Å². The second-order valence-corrected chi connectivity index (χ2v) is 10.5. The number of benzene rings is 4. The number of nitrogens with one attached hydrogen (secondary N) is 2. The molecule has 0 fully saturated rings. The van der Waals surface area contributed by atoms with Gasteiger partial charge in [0.1, 0.15) is 11.5 Å². The normalized spacial score (nSPS) is 11.5. The molecule has 0 radical (unpaired) electrons. The maximum Gasteiger partial charge on any atom is 0.272 e. The van der Waals surface area contributed by atoms with Gasteiger partial charge in [-0.05, 0) is 54.6 Å². The summed E-state index contributed by atoms with van der Waals surface area (Å²) in [6.45, 7) is 0. The molecule has 0 atom stereocenters. The largest absolute Gasteiger partial charge is 0.465 e. The van der Waals surface area contributed by atoms with E-state index in [1.165, 1.54) is 24.1 Å². The van der Waals surface area contributed by atoms with E-state index in [1.54, 1.807) is 59.2 Å². The maximum absolute atomic E-state index is 13.4. The molecule has 6 rings (SSSR count). The van der Waals surface area contributed by atoms with Gasteiger partial charge in [0.15, 0.2) is 0 Å². The van der Waals surface area contributed by atoms with E-state index < -0.39 is 11.8 Å². The Balaban J connectivity index is 1.18. The van der Waals surface area contributed by atoms with Crippen LogP contribution in [0.25, 0.3) is 27.9 Å². The SMILES string of the molecule is O=C(Nc1cccc(SCC(=O)n2c3ccccc3c3ccccc32)c1)/C(=C\c1ccco1)NC(=O)c1ccccc1. The molecule has 6 aromatic rings. The van der Waals surface area contributed by atoms with E-state index in [2.05, 4.69) is 10.6 Å². The standard InChI is InChI=1S/C34H25N3O4S/c38-32(37-30-17-6-4-15-27(30)28-16-5-7-18-31(28)37)22-42-26-14-8-12-24(20-26)35-34(40)29(21-25-13-9-19-41-25)36-33(39)23-10-2-1-3-11-23/h1-21H,22H2,(H,35,40)(H,36,39)/b29-21+. The van der Waals surface area contributed by atoms with Crippen molar-refractivity contribution in [3.63, 3.8) is 0 Å². The summed E-state index contributed by atoms with van der Waals surface area (Å²) in [4.78, 5) is 40.3. The molecule has 8 heteroatoms. The first-order chi connectivity index (χ1) is 20.6. The summed E-state index contributed by atoms with van der Waals surface area (Å²) in [6.07, 6.45) is 2.96. The van der Waals surface area contributed by atoms with Crippen molar-refractivity contribution in [2.45, 2.75) is 4.90 Å². The van der Waals surface area contributed by atoms with E-state index in [9.17, 15) is 14.4 Å². The quantitative estimate of drug-likeness (QED) is 0.149. The summed E-state index contributed by atoms with van der Waals surface area (Å²) >= 11 is 1.38. The number of para-hydroxylation sites is 2. The van der Waals surface area contributed by atoms with Gasteiger partial charge in [-0.2, -0.15) is 0 Å². The third-order valence-electron chi connectivity index (χ3n) is 6.64. The van der Waals surface area contributed by atoms with Gasteiger partial charge in [0.2, 0.25) is 5.91 Å². The van der Waals surface area contributed by atoms with Crippen LogP contribution in [0.3, 0.4) is 0 Å². The Morgan fingerprint density at radius 1 is 0.762 bits per heavy atom. The smallest absolute Gasteiger partial charge is 0.272 e. The van der Waals surface area contributed by atoms with Gasteiger partial charge >= 0.3 is 0 Å². The Morgan fingerprint density at radius 3 is 2.14 bits per heavy atom. The van der Waals surface area contributed by atoms with E-state index in [1.807, 2.05) is 60.7 Å². The molecule has 7 nitrogen and oxygen atoms in total. The van der Waals surface area contributed by atoms with Crippen LogP contribution >= 0.6 is 11.8 Å². The lowest BCUT2D eigenvalue weighted by atomic mass is 10.2. The summed E-state index contributed by atoms with van der Waals surface area (Å²) in [5.41, 5.74) is 2.71. The van der Waals surface area contributed by atoms with Gasteiger partial charge in [0, 0.05) is 33.0 Å². The summed E-state index contributed by atoms with van der Waals surface area (Å²) in [5.74, 6) is -0.354. The predicted octanol–water partition coefficient (Wildman–Crippen LogP) is 7.23. The fourth-order valence-electron chi connectivity index (χ4n) is 4.72. The highest BCUT2D eigenvalue weighted by Crippen LogP contribution is 2.30. The molecule has 0 bridgehead atoms. The first-order valence-corrected chi connectivity index (χ1v) is 14.2. The first-order valence-electron chi connectivity index (χ1n) is 13.2. The van der Waals surface area contributed by atoms with Crippen molar-refractivity contribution in [2.75, 3.05) is 11.1 Å². The Kier molecular flexibility index (Phi) is 7.70. The molecule has 206 valence electrons. The number of hydrogen-bond acceptors (Lipinski definition) is 5. The van der Waals surface area contributed by atoms with E-state index >= 15 is 0 Å². The van der Waals surface area contributed by atoms with Crippen LogP contribution in [0.15, 0.2) is 137 Å². The van der Waals surface area contributed by atoms with Gasteiger partial charge in [-0.3, -0.25) is 19.0 Å². The monoisotopic (exact) mass is 571 g/mol. The molecule has 2 amide bonds. The fourth-order valence-corrected chi connectivity index (χ4v) is 5.53. The molecule has 2 aromatic heterocycles. The number of fused-ring (bicyclic) bond motifs is 3. The Morgan fingerprint density at radius 2 is 1.45 bits per heavy atom. The van der Waals surface area contributed by atoms with Crippen molar-refractivity contribution in [1.82, 2.24) is 9.88 Å². The zero-order valence-electron chi connectivity index (χ0n) is 22.3. The molecule has 0 aliphatic rings. The number of carbonyl (C=O) groups excluding carboxylic acids is 3. The lowest BCUT2D eigenvalue weighted by Crippen LogP contribution is -2.30. The van der Waals surface area contributed by atoms with E-state index in [0.29, 0.717) is 17.0 Å². The molecular formula is C34H25N3O4S. The van der Waals surface area contributed by atoms with Crippen molar-refractivity contribution in [3.8, 4) is 0 Å². The topological polar surface area (TPSA) is 93.3 Å². The zero-order chi connectivity index (χ0) is 28.9. The summed E-state index contributed by atoms with van der Waals surface area (Å²) in [6, 6.07) is 35.0. The second-order valence-electron chi connectivity index (χ2n) is 9.43. The summed E-state index contributed by atoms with van der Waals surface area (Å²) in [7, 11) is 0. The average molecular weight is 572 g/mol.